The Morgan fingerprint density at radius 2 is 1.89 bits per heavy atom. The molecular weight excluding hydrogens is 226 g/mol. The van der Waals surface area contributed by atoms with E-state index in [9.17, 15) is 4.79 Å². The summed E-state index contributed by atoms with van der Waals surface area (Å²) in [7, 11) is 0. The Morgan fingerprint density at radius 1 is 1.17 bits per heavy atom. The lowest BCUT2D eigenvalue weighted by Crippen LogP contribution is -2.02. The van der Waals surface area contributed by atoms with E-state index in [-0.39, 0.29) is 0 Å². The van der Waals surface area contributed by atoms with E-state index in [1.807, 2.05) is 37.3 Å². The van der Waals surface area contributed by atoms with Crippen LogP contribution >= 0.6 is 0 Å². The molecule has 0 fully saturated rings. The van der Waals surface area contributed by atoms with Crippen molar-refractivity contribution in [3.05, 3.63) is 65.2 Å². The first-order valence-electron chi connectivity index (χ1n) is 5.78. The first-order chi connectivity index (χ1) is 8.65. The Balaban J connectivity index is 2.04. The van der Waals surface area contributed by atoms with Crippen LogP contribution in [-0.2, 0) is 6.54 Å². The summed E-state index contributed by atoms with van der Waals surface area (Å²) < 4.78 is 0. The molecule has 0 saturated heterocycles. The van der Waals surface area contributed by atoms with Crippen LogP contribution in [0.1, 0.15) is 21.5 Å². The van der Waals surface area contributed by atoms with Crippen LogP contribution < -0.4 is 5.32 Å². The molecule has 0 aliphatic rings. The van der Waals surface area contributed by atoms with Crippen LogP contribution in [0.3, 0.4) is 0 Å². The van der Waals surface area contributed by atoms with Gasteiger partial charge >= 0.3 is 5.97 Å². The monoisotopic (exact) mass is 241 g/mol. The molecule has 2 rings (SSSR count). The van der Waals surface area contributed by atoms with Crippen molar-refractivity contribution in [3.8, 4) is 0 Å². The number of hydrogen-bond donors (Lipinski definition) is 2. The van der Waals surface area contributed by atoms with Crippen LogP contribution in [0.2, 0.25) is 0 Å². The molecule has 0 heterocycles. The van der Waals surface area contributed by atoms with Gasteiger partial charge in [-0.2, -0.15) is 0 Å². The van der Waals surface area contributed by atoms with E-state index in [2.05, 4.69) is 5.32 Å². The molecule has 92 valence electrons. The molecular formula is C15H15NO2. The summed E-state index contributed by atoms with van der Waals surface area (Å²) >= 11 is 0. The average molecular weight is 241 g/mol. The van der Waals surface area contributed by atoms with Gasteiger partial charge in [-0.1, -0.05) is 29.8 Å². The van der Waals surface area contributed by atoms with Crippen LogP contribution in [0.4, 0.5) is 5.69 Å². The summed E-state index contributed by atoms with van der Waals surface area (Å²) in [6.07, 6.45) is 0. The first-order valence-corrected chi connectivity index (χ1v) is 5.78. The molecule has 0 spiro atoms. The van der Waals surface area contributed by atoms with Crippen LogP contribution in [-0.4, -0.2) is 11.1 Å². The minimum Gasteiger partial charge on any atom is -0.478 e. The summed E-state index contributed by atoms with van der Waals surface area (Å²) in [5.41, 5.74) is 3.52. The highest BCUT2D eigenvalue weighted by molar-refractivity contribution is 5.87. The lowest BCUT2D eigenvalue weighted by Gasteiger charge is -2.07. The maximum atomic E-state index is 10.8. The van der Waals surface area contributed by atoms with E-state index in [0.717, 1.165) is 11.3 Å². The van der Waals surface area contributed by atoms with Crippen molar-refractivity contribution < 1.29 is 9.90 Å². The van der Waals surface area contributed by atoms with E-state index >= 15 is 0 Å². The fraction of sp³-hybridized carbons (Fsp3) is 0.133. The second-order valence-corrected chi connectivity index (χ2v) is 4.23. The Labute approximate surface area is 106 Å². The van der Waals surface area contributed by atoms with Crippen LogP contribution in [0.15, 0.2) is 48.5 Å². The molecule has 0 aromatic heterocycles. The molecule has 2 N–H and O–H groups in total. The van der Waals surface area contributed by atoms with Crippen LogP contribution in [0.25, 0.3) is 0 Å². The molecule has 0 aliphatic heterocycles. The average Bonchev–Trinajstić information content (AvgIpc) is 2.38. The Morgan fingerprint density at radius 3 is 2.56 bits per heavy atom. The third kappa shape index (κ3) is 3.10. The smallest absolute Gasteiger partial charge is 0.335 e. The Hall–Kier alpha value is -2.29. The standard InChI is InChI=1S/C15H15NO2/c1-11-5-7-14(8-6-11)16-10-12-3-2-4-13(9-12)15(17)18/h2-9,16H,10H2,1H3,(H,17,18). The fourth-order valence-electron chi connectivity index (χ4n) is 1.69. The largest absolute Gasteiger partial charge is 0.478 e. The number of carboxylic acid groups (broad SMARTS) is 1. The lowest BCUT2D eigenvalue weighted by atomic mass is 10.1. The second-order valence-electron chi connectivity index (χ2n) is 4.23. The molecule has 0 aliphatic carbocycles. The number of aromatic carboxylic acids is 1. The van der Waals surface area contributed by atoms with E-state index < -0.39 is 5.97 Å². The zero-order valence-electron chi connectivity index (χ0n) is 10.2. The molecule has 0 radical (unpaired) electrons. The van der Waals surface area contributed by atoms with Crippen molar-refractivity contribution in [1.29, 1.82) is 0 Å². The molecule has 0 bridgehead atoms. The van der Waals surface area contributed by atoms with Crippen molar-refractivity contribution in [1.82, 2.24) is 0 Å². The third-order valence-electron chi connectivity index (χ3n) is 2.72. The topological polar surface area (TPSA) is 49.3 Å². The highest BCUT2D eigenvalue weighted by Crippen LogP contribution is 2.11. The van der Waals surface area contributed by atoms with Gasteiger partial charge in [0.25, 0.3) is 0 Å². The molecule has 0 amide bonds. The Kier molecular flexibility index (Phi) is 3.63. The van der Waals surface area contributed by atoms with Crippen molar-refractivity contribution in [2.75, 3.05) is 5.32 Å². The summed E-state index contributed by atoms with van der Waals surface area (Å²) in [6, 6.07) is 15.0. The van der Waals surface area contributed by atoms with Gasteiger partial charge in [0.15, 0.2) is 0 Å². The number of benzene rings is 2. The first kappa shape index (κ1) is 12.2. The fourth-order valence-corrected chi connectivity index (χ4v) is 1.69. The van der Waals surface area contributed by atoms with Crippen molar-refractivity contribution in [3.63, 3.8) is 0 Å². The van der Waals surface area contributed by atoms with E-state index in [0.29, 0.717) is 12.1 Å². The molecule has 2 aromatic rings. The highest BCUT2D eigenvalue weighted by atomic mass is 16.4. The number of carbonyl (C=O) groups is 1. The van der Waals surface area contributed by atoms with Gasteiger partial charge in [0, 0.05) is 12.2 Å². The maximum absolute atomic E-state index is 10.8. The van der Waals surface area contributed by atoms with E-state index in [4.69, 9.17) is 5.11 Å². The van der Waals surface area contributed by atoms with E-state index in [1.165, 1.54) is 5.56 Å². The molecule has 0 saturated carbocycles. The summed E-state index contributed by atoms with van der Waals surface area (Å²) in [5, 5.41) is 12.2. The van der Waals surface area contributed by atoms with Gasteiger partial charge in [-0.3, -0.25) is 0 Å². The highest BCUT2D eigenvalue weighted by Gasteiger charge is 2.02. The quantitative estimate of drug-likeness (QED) is 0.863. The number of rotatable bonds is 4. The van der Waals surface area contributed by atoms with Gasteiger partial charge in [0.2, 0.25) is 0 Å². The van der Waals surface area contributed by atoms with Crippen LogP contribution in [0, 0.1) is 6.92 Å². The maximum Gasteiger partial charge on any atom is 0.335 e. The second kappa shape index (κ2) is 5.36. The van der Waals surface area contributed by atoms with Gasteiger partial charge in [-0.05, 0) is 36.8 Å². The van der Waals surface area contributed by atoms with Gasteiger partial charge in [0.05, 0.1) is 5.56 Å². The van der Waals surface area contributed by atoms with E-state index in [1.54, 1.807) is 18.2 Å². The molecule has 18 heavy (non-hydrogen) atoms. The van der Waals surface area contributed by atoms with Gasteiger partial charge in [-0.15, -0.1) is 0 Å². The third-order valence-corrected chi connectivity index (χ3v) is 2.72. The minimum atomic E-state index is -0.896. The number of carboxylic acids is 1. The molecule has 3 nitrogen and oxygen atoms in total. The normalized spacial score (nSPS) is 10.1. The summed E-state index contributed by atoms with van der Waals surface area (Å²) in [6.45, 7) is 2.66. The molecule has 2 aromatic carbocycles. The number of nitrogens with one attached hydrogen (secondary N) is 1. The minimum absolute atomic E-state index is 0.318. The van der Waals surface area contributed by atoms with Gasteiger partial charge < -0.3 is 10.4 Å². The molecule has 3 heteroatoms. The van der Waals surface area contributed by atoms with Crippen molar-refractivity contribution in [2.24, 2.45) is 0 Å². The summed E-state index contributed by atoms with van der Waals surface area (Å²) in [5.74, 6) is -0.896. The molecule has 0 atom stereocenters. The summed E-state index contributed by atoms with van der Waals surface area (Å²) in [4.78, 5) is 10.8. The predicted octanol–water partition coefficient (Wildman–Crippen LogP) is 3.31. The van der Waals surface area contributed by atoms with Crippen molar-refractivity contribution in [2.45, 2.75) is 13.5 Å². The zero-order valence-corrected chi connectivity index (χ0v) is 10.2. The zero-order chi connectivity index (χ0) is 13.0. The molecule has 0 unspecified atom stereocenters. The van der Waals surface area contributed by atoms with Crippen molar-refractivity contribution >= 4 is 11.7 Å². The number of anilines is 1. The van der Waals surface area contributed by atoms with Crippen LogP contribution in [0.5, 0.6) is 0 Å². The SMILES string of the molecule is Cc1ccc(NCc2cccc(C(=O)O)c2)cc1. The number of hydrogen-bond acceptors (Lipinski definition) is 2. The predicted molar refractivity (Wildman–Crippen MR) is 71.9 cm³/mol. The Bertz CT molecular complexity index is 547. The number of aryl methyl sites for hydroxylation is 1. The van der Waals surface area contributed by atoms with Gasteiger partial charge in [-0.25, -0.2) is 4.79 Å². The van der Waals surface area contributed by atoms with Gasteiger partial charge in [0.1, 0.15) is 0 Å². The lowest BCUT2D eigenvalue weighted by molar-refractivity contribution is 0.0697.